The van der Waals surface area contributed by atoms with Crippen LogP contribution in [0.4, 0.5) is 4.39 Å². The van der Waals surface area contributed by atoms with Crippen LogP contribution in [-0.4, -0.2) is 32.3 Å². The zero-order chi connectivity index (χ0) is 14.6. The number of sulfonamides is 1. The lowest BCUT2D eigenvalue weighted by Gasteiger charge is -2.21. The first-order valence-electron chi connectivity index (χ1n) is 5.92. The minimum Gasteiger partial charge on any atom is -0.339 e. The Bertz CT molecular complexity index is 572. The molecule has 1 aromatic carbocycles. The molecule has 0 radical (unpaired) electrons. The molecule has 0 aliphatic heterocycles. The second kappa shape index (κ2) is 6.12. The zero-order valence-corrected chi connectivity index (χ0v) is 11.7. The molecule has 0 fully saturated rings. The molecule has 19 heavy (non-hydrogen) atoms. The van der Waals surface area contributed by atoms with Gasteiger partial charge in [-0.1, -0.05) is 6.92 Å². The fraction of sp³-hybridized carbons (Fsp3) is 0.417. The Labute approximate surface area is 112 Å². The standard InChI is InChI=1S/C12H17FN2O3S/c1-3-7-15(4-2)12(16)10-8-9(13)5-6-11(10)19(14,17)18/h5-6,8H,3-4,7H2,1-2H3,(H2,14,17,18). The number of hydrogen-bond donors (Lipinski definition) is 1. The SMILES string of the molecule is CCCN(CC)C(=O)c1cc(F)ccc1S(N)(=O)=O. The average molecular weight is 288 g/mol. The molecule has 2 N–H and O–H groups in total. The maximum absolute atomic E-state index is 13.2. The number of nitrogens with two attached hydrogens (primary N) is 1. The zero-order valence-electron chi connectivity index (χ0n) is 10.9. The van der Waals surface area contributed by atoms with Crippen molar-refractivity contribution in [2.75, 3.05) is 13.1 Å². The van der Waals surface area contributed by atoms with Gasteiger partial charge in [0.25, 0.3) is 5.91 Å². The summed E-state index contributed by atoms with van der Waals surface area (Å²) in [6.07, 6.45) is 0.722. The lowest BCUT2D eigenvalue weighted by atomic mass is 10.2. The molecule has 7 heteroatoms. The molecule has 0 bridgehead atoms. The van der Waals surface area contributed by atoms with Gasteiger partial charge < -0.3 is 4.90 Å². The van der Waals surface area contributed by atoms with Gasteiger partial charge in [-0.25, -0.2) is 17.9 Å². The van der Waals surface area contributed by atoms with Crippen LogP contribution in [0.2, 0.25) is 0 Å². The van der Waals surface area contributed by atoms with E-state index < -0.39 is 21.7 Å². The third-order valence-electron chi connectivity index (χ3n) is 2.64. The number of primary sulfonamides is 1. The second-order valence-electron chi connectivity index (χ2n) is 4.07. The van der Waals surface area contributed by atoms with E-state index in [4.69, 9.17) is 5.14 Å². The van der Waals surface area contributed by atoms with Crippen LogP contribution in [0.3, 0.4) is 0 Å². The van der Waals surface area contributed by atoms with E-state index in [9.17, 15) is 17.6 Å². The van der Waals surface area contributed by atoms with Gasteiger partial charge in [-0.05, 0) is 31.5 Å². The van der Waals surface area contributed by atoms with E-state index in [0.717, 1.165) is 24.6 Å². The molecule has 106 valence electrons. The summed E-state index contributed by atoms with van der Waals surface area (Å²) >= 11 is 0. The summed E-state index contributed by atoms with van der Waals surface area (Å²) in [6, 6.07) is 2.88. The van der Waals surface area contributed by atoms with E-state index in [-0.39, 0.29) is 10.5 Å². The van der Waals surface area contributed by atoms with E-state index >= 15 is 0 Å². The van der Waals surface area contributed by atoms with Crippen molar-refractivity contribution in [3.63, 3.8) is 0 Å². The molecule has 0 spiro atoms. The predicted octanol–water partition coefficient (Wildman–Crippen LogP) is 1.35. The molecule has 0 atom stereocenters. The van der Waals surface area contributed by atoms with Gasteiger partial charge in [0.05, 0.1) is 10.5 Å². The van der Waals surface area contributed by atoms with Crippen molar-refractivity contribution in [3.05, 3.63) is 29.6 Å². The third kappa shape index (κ3) is 3.74. The minimum absolute atomic E-state index is 0.224. The van der Waals surface area contributed by atoms with Crippen molar-refractivity contribution in [1.29, 1.82) is 0 Å². The molecular formula is C12H17FN2O3S. The Morgan fingerprint density at radius 2 is 2.00 bits per heavy atom. The number of nitrogens with zero attached hydrogens (tertiary/aromatic N) is 1. The van der Waals surface area contributed by atoms with Gasteiger partial charge in [-0.3, -0.25) is 4.79 Å². The monoisotopic (exact) mass is 288 g/mol. The van der Waals surface area contributed by atoms with Gasteiger partial charge in [0, 0.05) is 13.1 Å². The first-order valence-corrected chi connectivity index (χ1v) is 7.47. The highest BCUT2D eigenvalue weighted by Gasteiger charge is 2.23. The second-order valence-corrected chi connectivity index (χ2v) is 5.60. The Hall–Kier alpha value is -1.47. The smallest absolute Gasteiger partial charge is 0.255 e. The van der Waals surface area contributed by atoms with Crippen molar-refractivity contribution >= 4 is 15.9 Å². The number of rotatable bonds is 5. The van der Waals surface area contributed by atoms with Crippen molar-refractivity contribution in [2.24, 2.45) is 5.14 Å². The molecule has 0 unspecified atom stereocenters. The van der Waals surface area contributed by atoms with E-state index in [0.29, 0.717) is 13.1 Å². The largest absolute Gasteiger partial charge is 0.339 e. The molecule has 0 aliphatic rings. The van der Waals surface area contributed by atoms with Crippen LogP contribution in [-0.2, 0) is 10.0 Å². The number of halogens is 1. The quantitative estimate of drug-likeness (QED) is 0.888. The highest BCUT2D eigenvalue weighted by Crippen LogP contribution is 2.18. The first kappa shape index (κ1) is 15.6. The van der Waals surface area contributed by atoms with Crippen LogP contribution in [0.15, 0.2) is 23.1 Å². The maximum Gasteiger partial charge on any atom is 0.255 e. The van der Waals surface area contributed by atoms with E-state index in [1.165, 1.54) is 4.90 Å². The minimum atomic E-state index is -4.07. The summed E-state index contributed by atoms with van der Waals surface area (Å²) in [7, 11) is -4.07. The lowest BCUT2D eigenvalue weighted by molar-refractivity contribution is 0.0760. The summed E-state index contributed by atoms with van der Waals surface area (Å²) in [4.78, 5) is 13.3. The van der Waals surface area contributed by atoms with Crippen LogP contribution >= 0.6 is 0 Å². The van der Waals surface area contributed by atoms with Gasteiger partial charge in [-0.2, -0.15) is 0 Å². The molecule has 1 aromatic rings. The molecule has 0 heterocycles. The summed E-state index contributed by atoms with van der Waals surface area (Å²) in [6.45, 7) is 4.54. The molecule has 5 nitrogen and oxygen atoms in total. The fourth-order valence-corrected chi connectivity index (χ4v) is 2.47. The third-order valence-corrected chi connectivity index (χ3v) is 3.61. The average Bonchev–Trinajstić information content (AvgIpc) is 2.33. The molecule has 0 aromatic heterocycles. The fourth-order valence-electron chi connectivity index (χ4n) is 1.76. The normalized spacial score (nSPS) is 11.4. The molecular weight excluding hydrogens is 271 g/mol. The van der Waals surface area contributed by atoms with Crippen molar-refractivity contribution in [3.8, 4) is 0 Å². The van der Waals surface area contributed by atoms with Crippen LogP contribution in [0.5, 0.6) is 0 Å². The van der Waals surface area contributed by atoms with E-state index in [2.05, 4.69) is 0 Å². The maximum atomic E-state index is 13.2. The number of benzene rings is 1. The van der Waals surface area contributed by atoms with Gasteiger partial charge in [0.1, 0.15) is 5.82 Å². The highest BCUT2D eigenvalue weighted by molar-refractivity contribution is 7.89. The number of carbonyl (C=O) groups excluding carboxylic acids is 1. The summed E-state index contributed by atoms with van der Waals surface area (Å²) < 4.78 is 36.1. The molecule has 1 rings (SSSR count). The predicted molar refractivity (Wildman–Crippen MR) is 69.6 cm³/mol. The van der Waals surface area contributed by atoms with Crippen LogP contribution < -0.4 is 5.14 Å². The summed E-state index contributed by atoms with van der Waals surface area (Å²) in [5.74, 6) is -1.21. The highest BCUT2D eigenvalue weighted by atomic mass is 32.2. The first-order chi connectivity index (χ1) is 8.81. The number of carbonyl (C=O) groups is 1. The van der Waals surface area contributed by atoms with Gasteiger partial charge in [0.2, 0.25) is 10.0 Å². The van der Waals surface area contributed by atoms with Crippen LogP contribution in [0.1, 0.15) is 30.6 Å². The van der Waals surface area contributed by atoms with Gasteiger partial charge >= 0.3 is 0 Å². The van der Waals surface area contributed by atoms with Gasteiger partial charge in [-0.15, -0.1) is 0 Å². The molecule has 0 saturated carbocycles. The Morgan fingerprint density at radius 3 is 2.47 bits per heavy atom. The summed E-state index contributed by atoms with van der Waals surface area (Å²) in [5, 5.41) is 5.04. The lowest BCUT2D eigenvalue weighted by Crippen LogP contribution is -2.33. The van der Waals surface area contributed by atoms with Crippen LogP contribution in [0.25, 0.3) is 0 Å². The van der Waals surface area contributed by atoms with Crippen molar-refractivity contribution in [1.82, 2.24) is 4.90 Å². The van der Waals surface area contributed by atoms with E-state index in [1.807, 2.05) is 6.92 Å². The van der Waals surface area contributed by atoms with E-state index in [1.54, 1.807) is 6.92 Å². The van der Waals surface area contributed by atoms with Crippen molar-refractivity contribution in [2.45, 2.75) is 25.2 Å². The summed E-state index contributed by atoms with van der Waals surface area (Å²) in [5.41, 5.74) is -0.224. The molecule has 0 aliphatic carbocycles. The van der Waals surface area contributed by atoms with Gasteiger partial charge in [0.15, 0.2) is 0 Å². The number of hydrogen-bond acceptors (Lipinski definition) is 3. The Kier molecular flexibility index (Phi) is 5.02. The van der Waals surface area contributed by atoms with Crippen molar-refractivity contribution < 1.29 is 17.6 Å². The Morgan fingerprint density at radius 1 is 1.37 bits per heavy atom. The topological polar surface area (TPSA) is 80.5 Å². The molecule has 0 saturated heterocycles. The molecule has 1 amide bonds. The Balaban J connectivity index is 3.32. The number of amides is 1. The van der Waals surface area contributed by atoms with Crippen LogP contribution in [0, 0.1) is 5.82 Å².